The molecule has 0 atom stereocenters. The Hall–Kier alpha value is -0.990. The van der Waals surface area contributed by atoms with E-state index in [1.54, 1.807) is 6.92 Å². The molecule has 0 heterocycles. The molecule has 0 radical (unpaired) electrons. The Kier molecular flexibility index (Phi) is 8.05. The standard InChI is InChI=1S/C11H11F3O2.Cl2O2S/c1-2-6-16-10(15)8-4-3-5-9(7-8)11(12,13)14;1-5(2,3)4/h3-5,7H,2,6H2,1H3;. The molecule has 120 valence electrons. The number of ether oxygens (including phenoxy) is 1. The summed E-state index contributed by atoms with van der Waals surface area (Å²) >= 11 is 0. The van der Waals surface area contributed by atoms with Crippen LogP contribution in [0.5, 0.6) is 0 Å². The topological polar surface area (TPSA) is 60.4 Å². The van der Waals surface area contributed by atoms with E-state index in [0.717, 1.165) is 12.1 Å². The van der Waals surface area contributed by atoms with E-state index < -0.39 is 26.0 Å². The lowest BCUT2D eigenvalue weighted by molar-refractivity contribution is -0.137. The van der Waals surface area contributed by atoms with Gasteiger partial charge in [0, 0.05) is 21.4 Å². The molecule has 0 fully saturated rings. The fourth-order valence-electron chi connectivity index (χ4n) is 1.10. The number of hydrogen-bond donors (Lipinski definition) is 0. The largest absolute Gasteiger partial charge is 0.462 e. The summed E-state index contributed by atoms with van der Waals surface area (Å²) in [5.74, 6) is -0.729. The van der Waals surface area contributed by atoms with Gasteiger partial charge in [0.15, 0.2) is 0 Å². The van der Waals surface area contributed by atoms with Crippen molar-refractivity contribution in [1.29, 1.82) is 0 Å². The second-order valence-electron chi connectivity index (χ2n) is 3.59. The Balaban J connectivity index is 0.000000690. The fraction of sp³-hybridized carbons (Fsp3) is 0.364. The zero-order valence-corrected chi connectivity index (χ0v) is 13.0. The summed E-state index contributed by atoms with van der Waals surface area (Å²) in [7, 11) is 4.81. The summed E-state index contributed by atoms with van der Waals surface area (Å²) in [6, 6.07) is 4.19. The zero-order chi connectivity index (χ0) is 16.7. The summed E-state index contributed by atoms with van der Waals surface area (Å²) in [5.41, 5.74) is -0.929. The average molecular weight is 367 g/mol. The van der Waals surface area contributed by atoms with E-state index in [-0.39, 0.29) is 12.2 Å². The van der Waals surface area contributed by atoms with E-state index in [0.29, 0.717) is 6.42 Å². The maximum absolute atomic E-state index is 12.3. The molecule has 1 aromatic carbocycles. The van der Waals surface area contributed by atoms with Crippen molar-refractivity contribution in [3.63, 3.8) is 0 Å². The average Bonchev–Trinajstić information content (AvgIpc) is 2.33. The number of hydrogen-bond acceptors (Lipinski definition) is 4. The minimum Gasteiger partial charge on any atom is -0.462 e. The highest BCUT2D eigenvalue weighted by atomic mass is 36.0. The molecule has 0 unspecified atom stereocenters. The Morgan fingerprint density at radius 2 is 1.81 bits per heavy atom. The van der Waals surface area contributed by atoms with Crippen molar-refractivity contribution < 1.29 is 31.1 Å². The van der Waals surface area contributed by atoms with Crippen LogP contribution in [0.25, 0.3) is 0 Å². The number of carbonyl (C=O) groups excluding carboxylic acids is 1. The first-order valence-electron chi connectivity index (χ1n) is 5.43. The lowest BCUT2D eigenvalue weighted by Gasteiger charge is -2.08. The van der Waals surface area contributed by atoms with Crippen LogP contribution in [0, 0.1) is 0 Å². The number of halogens is 5. The SMILES string of the molecule is CCCOC(=O)c1cccc(C(F)(F)F)c1.O=S(=O)(Cl)Cl. The molecule has 0 aliphatic heterocycles. The first kappa shape index (κ1) is 20.0. The van der Waals surface area contributed by atoms with Crippen LogP contribution in [0.2, 0.25) is 0 Å². The predicted octanol–water partition coefficient (Wildman–Crippen LogP) is 3.98. The molecule has 1 rings (SSSR count). The van der Waals surface area contributed by atoms with Gasteiger partial charge >= 0.3 is 20.4 Å². The molecule has 0 N–H and O–H groups in total. The van der Waals surface area contributed by atoms with Gasteiger partial charge in [-0.2, -0.15) is 21.6 Å². The second-order valence-corrected chi connectivity index (χ2v) is 7.26. The first-order valence-corrected chi connectivity index (χ1v) is 8.57. The van der Waals surface area contributed by atoms with Gasteiger partial charge in [-0.05, 0) is 24.6 Å². The Labute approximate surface area is 128 Å². The maximum atomic E-state index is 12.3. The van der Waals surface area contributed by atoms with E-state index >= 15 is 0 Å². The first-order chi connectivity index (χ1) is 9.45. The van der Waals surface area contributed by atoms with Gasteiger partial charge in [0.2, 0.25) is 0 Å². The van der Waals surface area contributed by atoms with E-state index in [4.69, 9.17) is 13.2 Å². The fourth-order valence-corrected chi connectivity index (χ4v) is 1.10. The Bertz CT molecular complexity index is 565. The van der Waals surface area contributed by atoms with Crippen molar-refractivity contribution in [3.8, 4) is 0 Å². The van der Waals surface area contributed by atoms with Crippen molar-refractivity contribution in [2.75, 3.05) is 6.61 Å². The van der Waals surface area contributed by atoms with Gasteiger partial charge in [-0.25, -0.2) is 4.79 Å². The molecular formula is C11H11Cl2F3O4S. The highest BCUT2D eigenvalue weighted by molar-refractivity contribution is 8.31. The van der Waals surface area contributed by atoms with E-state index in [9.17, 15) is 18.0 Å². The number of esters is 1. The number of rotatable bonds is 3. The molecule has 0 bridgehead atoms. The van der Waals surface area contributed by atoms with Gasteiger partial charge < -0.3 is 4.74 Å². The quantitative estimate of drug-likeness (QED) is 0.599. The summed E-state index contributed by atoms with van der Waals surface area (Å²) in [6.07, 6.45) is -3.81. The summed E-state index contributed by atoms with van der Waals surface area (Å²) in [4.78, 5) is 11.3. The molecule has 0 amide bonds. The van der Waals surface area contributed by atoms with Crippen LogP contribution in [0.1, 0.15) is 29.3 Å². The highest BCUT2D eigenvalue weighted by Crippen LogP contribution is 2.29. The third-order valence-corrected chi connectivity index (χ3v) is 1.86. The smallest absolute Gasteiger partial charge is 0.416 e. The summed E-state index contributed by atoms with van der Waals surface area (Å²) < 4.78 is 60.1. The molecular weight excluding hydrogens is 356 g/mol. The highest BCUT2D eigenvalue weighted by Gasteiger charge is 2.30. The lowest BCUT2D eigenvalue weighted by Crippen LogP contribution is -2.09. The van der Waals surface area contributed by atoms with E-state index in [2.05, 4.69) is 21.4 Å². The van der Waals surface area contributed by atoms with E-state index in [1.165, 1.54) is 12.1 Å². The third kappa shape index (κ3) is 10.4. The van der Waals surface area contributed by atoms with Gasteiger partial charge in [0.1, 0.15) is 0 Å². The molecule has 0 aliphatic rings. The zero-order valence-electron chi connectivity index (χ0n) is 10.7. The summed E-state index contributed by atoms with van der Waals surface area (Å²) in [6.45, 7) is 2.01. The van der Waals surface area contributed by atoms with Crippen LogP contribution < -0.4 is 0 Å². The Morgan fingerprint density at radius 3 is 2.24 bits per heavy atom. The van der Waals surface area contributed by atoms with Crippen molar-refractivity contribution in [2.24, 2.45) is 0 Å². The lowest BCUT2D eigenvalue weighted by atomic mass is 10.1. The van der Waals surface area contributed by atoms with Crippen molar-refractivity contribution >= 4 is 35.6 Å². The van der Waals surface area contributed by atoms with Crippen LogP contribution >= 0.6 is 21.4 Å². The minimum atomic E-state index is -4.44. The molecule has 21 heavy (non-hydrogen) atoms. The normalized spacial score (nSPS) is 11.3. The molecule has 0 saturated carbocycles. The molecule has 10 heteroatoms. The predicted molar refractivity (Wildman–Crippen MR) is 72.6 cm³/mol. The minimum absolute atomic E-state index is 0.0803. The van der Waals surface area contributed by atoms with Gasteiger partial charge in [0.05, 0.1) is 17.7 Å². The van der Waals surface area contributed by atoms with Gasteiger partial charge in [0.25, 0.3) is 0 Å². The van der Waals surface area contributed by atoms with Gasteiger partial charge in [-0.1, -0.05) is 13.0 Å². The van der Waals surface area contributed by atoms with E-state index in [1.807, 2.05) is 0 Å². The van der Waals surface area contributed by atoms with Gasteiger partial charge in [-0.15, -0.1) is 0 Å². The van der Waals surface area contributed by atoms with Crippen molar-refractivity contribution in [1.82, 2.24) is 0 Å². The second kappa shape index (κ2) is 8.45. The molecule has 1 aromatic rings. The van der Waals surface area contributed by atoms with Crippen LogP contribution in [0.15, 0.2) is 24.3 Å². The van der Waals surface area contributed by atoms with Crippen molar-refractivity contribution in [3.05, 3.63) is 35.4 Å². The Morgan fingerprint density at radius 1 is 1.29 bits per heavy atom. The van der Waals surface area contributed by atoms with Crippen LogP contribution in [0.4, 0.5) is 13.2 Å². The molecule has 4 nitrogen and oxygen atoms in total. The molecule has 0 aromatic heterocycles. The number of benzene rings is 1. The van der Waals surface area contributed by atoms with Crippen molar-refractivity contribution in [2.45, 2.75) is 19.5 Å². The number of alkyl halides is 3. The van der Waals surface area contributed by atoms with Crippen LogP contribution in [-0.4, -0.2) is 21.0 Å². The van der Waals surface area contributed by atoms with Gasteiger partial charge in [-0.3, -0.25) is 0 Å². The van der Waals surface area contributed by atoms with Crippen LogP contribution in [0.3, 0.4) is 0 Å². The monoisotopic (exact) mass is 366 g/mol. The third-order valence-electron chi connectivity index (χ3n) is 1.86. The summed E-state index contributed by atoms with van der Waals surface area (Å²) in [5, 5.41) is 0. The molecule has 0 aliphatic carbocycles. The van der Waals surface area contributed by atoms with Crippen LogP contribution in [-0.2, 0) is 19.2 Å². The molecule has 0 saturated heterocycles. The number of carbonyl (C=O) groups is 1. The maximum Gasteiger partial charge on any atom is 0.416 e. The molecule has 0 spiro atoms.